The zero-order valence-corrected chi connectivity index (χ0v) is 6.95. The molecule has 2 heteroatoms. The number of aliphatic hydroxyl groups is 1. The van der Waals surface area contributed by atoms with Crippen LogP contribution in [0, 0.1) is 5.92 Å². The molecule has 1 aliphatic carbocycles. The van der Waals surface area contributed by atoms with Crippen molar-refractivity contribution < 1.29 is 9.84 Å². The number of hydrogen-bond acceptors (Lipinski definition) is 2. The van der Waals surface area contributed by atoms with Gasteiger partial charge in [-0.2, -0.15) is 0 Å². The van der Waals surface area contributed by atoms with Crippen LogP contribution in [0.4, 0.5) is 0 Å². The predicted octanol–water partition coefficient (Wildman–Crippen LogP) is 2.04. The molecule has 0 amide bonds. The van der Waals surface area contributed by atoms with Gasteiger partial charge in [0.25, 0.3) is 0 Å². The SMILES string of the molecule is CCC1C=CC=C(O)C1OC. The maximum absolute atomic E-state index is 9.36. The number of methoxy groups -OCH3 is 1. The van der Waals surface area contributed by atoms with Crippen LogP contribution in [0.1, 0.15) is 13.3 Å². The first-order valence-corrected chi connectivity index (χ1v) is 3.89. The number of ether oxygens (including phenoxy) is 1. The van der Waals surface area contributed by atoms with Crippen LogP contribution >= 0.6 is 0 Å². The van der Waals surface area contributed by atoms with E-state index in [1.807, 2.05) is 6.08 Å². The van der Waals surface area contributed by atoms with E-state index in [4.69, 9.17) is 4.74 Å². The Labute approximate surface area is 67.2 Å². The molecule has 0 bridgehead atoms. The normalized spacial score (nSPS) is 30.2. The summed E-state index contributed by atoms with van der Waals surface area (Å²) >= 11 is 0. The van der Waals surface area contributed by atoms with E-state index in [9.17, 15) is 5.11 Å². The molecule has 2 atom stereocenters. The van der Waals surface area contributed by atoms with Gasteiger partial charge in [0.1, 0.15) is 11.9 Å². The molecule has 0 heterocycles. The minimum atomic E-state index is -0.134. The van der Waals surface area contributed by atoms with Crippen molar-refractivity contribution in [1.29, 1.82) is 0 Å². The Morgan fingerprint density at radius 3 is 2.82 bits per heavy atom. The van der Waals surface area contributed by atoms with E-state index >= 15 is 0 Å². The molecule has 0 aromatic rings. The maximum atomic E-state index is 9.36. The number of allylic oxidation sites excluding steroid dienone is 2. The summed E-state index contributed by atoms with van der Waals surface area (Å²) in [5, 5.41) is 9.36. The molecular weight excluding hydrogens is 140 g/mol. The van der Waals surface area contributed by atoms with E-state index in [1.54, 1.807) is 13.2 Å². The molecule has 0 saturated heterocycles. The van der Waals surface area contributed by atoms with Crippen LogP contribution in [0.25, 0.3) is 0 Å². The van der Waals surface area contributed by atoms with Crippen molar-refractivity contribution in [3.63, 3.8) is 0 Å². The molecule has 62 valence electrons. The molecular formula is C9H14O2. The van der Waals surface area contributed by atoms with Crippen LogP contribution in [0.2, 0.25) is 0 Å². The Kier molecular flexibility index (Phi) is 2.71. The van der Waals surface area contributed by atoms with Crippen LogP contribution in [-0.2, 0) is 4.74 Å². The summed E-state index contributed by atoms with van der Waals surface area (Å²) in [6.07, 6.45) is 6.48. The first-order chi connectivity index (χ1) is 5.29. The fourth-order valence-corrected chi connectivity index (χ4v) is 1.36. The number of hydrogen-bond donors (Lipinski definition) is 1. The van der Waals surface area contributed by atoms with E-state index in [0.29, 0.717) is 11.7 Å². The molecule has 0 fully saturated rings. The lowest BCUT2D eigenvalue weighted by Crippen LogP contribution is -2.24. The van der Waals surface area contributed by atoms with Gasteiger partial charge in [-0.3, -0.25) is 0 Å². The lowest BCUT2D eigenvalue weighted by Gasteiger charge is -2.23. The smallest absolute Gasteiger partial charge is 0.122 e. The van der Waals surface area contributed by atoms with Crippen LogP contribution < -0.4 is 0 Å². The molecule has 0 aromatic heterocycles. The average molecular weight is 154 g/mol. The van der Waals surface area contributed by atoms with Crippen molar-refractivity contribution >= 4 is 0 Å². The second-order valence-corrected chi connectivity index (χ2v) is 2.70. The van der Waals surface area contributed by atoms with Crippen LogP contribution in [-0.4, -0.2) is 18.3 Å². The minimum Gasteiger partial charge on any atom is -0.510 e. The third-order valence-corrected chi connectivity index (χ3v) is 2.03. The summed E-state index contributed by atoms with van der Waals surface area (Å²) in [6.45, 7) is 2.08. The average Bonchev–Trinajstić information content (AvgIpc) is 2.04. The molecule has 0 aliphatic heterocycles. The standard InChI is InChI=1S/C9H14O2/c1-3-7-5-4-6-8(10)9(7)11-2/h4-7,9-10H,3H2,1-2H3. The zero-order valence-electron chi connectivity index (χ0n) is 6.95. The van der Waals surface area contributed by atoms with E-state index in [1.165, 1.54) is 0 Å². The first-order valence-electron chi connectivity index (χ1n) is 3.89. The Bertz CT molecular complexity index is 182. The van der Waals surface area contributed by atoms with Crippen molar-refractivity contribution in [3.05, 3.63) is 24.0 Å². The van der Waals surface area contributed by atoms with Gasteiger partial charge in [0.05, 0.1) is 0 Å². The summed E-state index contributed by atoms with van der Waals surface area (Å²) < 4.78 is 5.14. The highest BCUT2D eigenvalue weighted by Gasteiger charge is 2.22. The second kappa shape index (κ2) is 3.58. The monoisotopic (exact) mass is 154 g/mol. The Balaban J connectivity index is 2.70. The van der Waals surface area contributed by atoms with Crippen molar-refractivity contribution in [1.82, 2.24) is 0 Å². The van der Waals surface area contributed by atoms with E-state index in [2.05, 4.69) is 13.0 Å². The van der Waals surface area contributed by atoms with Gasteiger partial charge in [0, 0.05) is 13.0 Å². The van der Waals surface area contributed by atoms with Crippen molar-refractivity contribution in [3.8, 4) is 0 Å². The van der Waals surface area contributed by atoms with E-state index in [-0.39, 0.29) is 6.10 Å². The van der Waals surface area contributed by atoms with Crippen molar-refractivity contribution in [2.75, 3.05) is 7.11 Å². The molecule has 2 unspecified atom stereocenters. The van der Waals surface area contributed by atoms with Crippen molar-refractivity contribution in [2.45, 2.75) is 19.4 Å². The fourth-order valence-electron chi connectivity index (χ4n) is 1.36. The lowest BCUT2D eigenvalue weighted by molar-refractivity contribution is 0.0597. The Morgan fingerprint density at radius 2 is 2.36 bits per heavy atom. The molecule has 0 radical (unpaired) electrons. The molecule has 2 nitrogen and oxygen atoms in total. The summed E-state index contributed by atoms with van der Waals surface area (Å²) in [4.78, 5) is 0. The zero-order chi connectivity index (χ0) is 8.27. The molecule has 11 heavy (non-hydrogen) atoms. The summed E-state index contributed by atoms with van der Waals surface area (Å²) in [6, 6.07) is 0. The summed E-state index contributed by atoms with van der Waals surface area (Å²) in [5.41, 5.74) is 0. The van der Waals surface area contributed by atoms with Gasteiger partial charge < -0.3 is 9.84 Å². The van der Waals surface area contributed by atoms with Crippen LogP contribution in [0.5, 0.6) is 0 Å². The Morgan fingerprint density at radius 1 is 1.64 bits per heavy atom. The van der Waals surface area contributed by atoms with Gasteiger partial charge in [-0.15, -0.1) is 0 Å². The van der Waals surface area contributed by atoms with Gasteiger partial charge in [-0.25, -0.2) is 0 Å². The van der Waals surface area contributed by atoms with Gasteiger partial charge in [0.15, 0.2) is 0 Å². The molecule has 0 spiro atoms. The van der Waals surface area contributed by atoms with Gasteiger partial charge in [-0.1, -0.05) is 19.1 Å². The van der Waals surface area contributed by atoms with Gasteiger partial charge >= 0.3 is 0 Å². The van der Waals surface area contributed by atoms with Gasteiger partial charge in [0.2, 0.25) is 0 Å². The fraction of sp³-hybridized carbons (Fsp3) is 0.556. The topological polar surface area (TPSA) is 29.5 Å². The quantitative estimate of drug-likeness (QED) is 0.659. The highest BCUT2D eigenvalue weighted by Crippen LogP contribution is 2.22. The summed E-state index contributed by atoms with van der Waals surface area (Å²) in [7, 11) is 1.62. The first kappa shape index (κ1) is 8.34. The third kappa shape index (κ3) is 1.63. The van der Waals surface area contributed by atoms with Crippen molar-refractivity contribution in [2.24, 2.45) is 5.92 Å². The minimum absolute atomic E-state index is 0.134. The van der Waals surface area contributed by atoms with Crippen LogP contribution in [0.3, 0.4) is 0 Å². The van der Waals surface area contributed by atoms with E-state index < -0.39 is 0 Å². The molecule has 0 saturated carbocycles. The Hall–Kier alpha value is -0.760. The highest BCUT2D eigenvalue weighted by molar-refractivity contribution is 5.19. The number of aliphatic hydroxyl groups excluding tert-OH is 1. The molecule has 0 aromatic carbocycles. The van der Waals surface area contributed by atoms with Crippen LogP contribution in [0.15, 0.2) is 24.0 Å². The highest BCUT2D eigenvalue weighted by atomic mass is 16.5. The number of rotatable bonds is 2. The maximum Gasteiger partial charge on any atom is 0.122 e. The summed E-state index contributed by atoms with van der Waals surface area (Å²) in [5.74, 6) is 0.659. The van der Waals surface area contributed by atoms with Gasteiger partial charge in [-0.05, 0) is 12.5 Å². The lowest BCUT2D eigenvalue weighted by atomic mass is 9.94. The molecule has 1 N–H and O–H groups in total. The molecule has 1 aliphatic rings. The predicted molar refractivity (Wildman–Crippen MR) is 44.4 cm³/mol. The third-order valence-electron chi connectivity index (χ3n) is 2.03. The molecule has 1 rings (SSSR count). The largest absolute Gasteiger partial charge is 0.510 e. The van der Waals surface area contributed by atoms with E-state index in [0.717, 1.165) is 6.42 Å². The second-order valence-electron chi connectivity index (χ2n) is 2.70.